The summed E-state index contributed by atoms with van der Waals surface area (Å²) in [5, 5.41) is 20.6. The third-order valence-electron chi connectivity index (χ3n) is 6.09. The van der Waals surface area contributed by atoms with Crippen LogP contribution >= 0.6 is 0 Å². The Morgan fingerprint density at radius 2 is 1.77 bits per heavy atom. The summed E-state index contributed by atoms with van der Waals surface area (Å²) in [4.78, 5) is 16.1. The highest BCUT2D eigenvalue weighted by atomic mass is 16.7. The Morgan fingerprint density at radius 3 is 2.53 bits per heavy atom. The third-order valence-corrected chi connectivity index (χ3v) is 6.09. The number of cyclic esters (lactones) is 1. The van der Waals surface area contributed by atoms with Gasteiger partial charge in [-0.1, -0.05) is 6.07 Å². The van der Waals surface area contributed by atoms with Crippen LogP contribution in [0.5, 0.6) is 17.2 Å². The molecule has 0 spiro atoms. The van der Waals surface area contributed by atoms with Crippen LogP contribution in [-0.4, -0.2) is 60.3 Å². The van der Waals surface area contributed by atoms with Crippen molar-refractivity contribution in [2.45, 2.75) is 24.5 Å². The second kappa shape index (κ2) is 7.37. The number of nitrogens with zero attached hydrogens (tertiary/aromatic N) is 2. The zero-order valence-electron chi connectivity index (χ0n) is 16.5. The molecule has 8 heteroatoms. The molecule has 3 heterocycles. The predicted octanol–water partition coefficient (Wildman–Crippen LogP) is 2.43. The fourth-order valence-electron chi connectivity index (χ4n) is 4.33. The summed E-state index contributed by atoms with van der Waals surface area (Å²) in [6.45, 7) is 2.72. The molecule has 3 aliphatic rings. The average Bonchev–Trinajstić information content (AvgIpc) is 3.36. The van der Waals surface area contributed by atoms with Crippen LogP contribution in [0.2, 0.25) is 0 Å². The number of fused-ring (bicyclic) bond motifs is 1. The number of hydrogen-bond acceptors (Lipinski definition) is 7. The number of aliphatic hydroxyl groups is 1. The first-order chi connectivity index (χ1) is 14.5. The lowest BCUT2D eigenvalue weighted by Crippen LogP contribution is -2.45. The summed E-state index contributed by atoms with van der Waals surface area (Å²) in [6, 6.07) is 12.1. The van der Waals surface area contributed by atoms with Crippen LogP contribution in [0.15, 0.2) is 42.5 Å². The Labute approximate surface area is 174 Å². The van der Waals surface area contributed by atoms with Crippen LogP contribution in [0.1, 0.15) is 18.4 Å². The molecule has 0 radical (unpaired) electrons. The molecule has 0 aromatic heterocycles. The summed E-state index contributed by atoms with van der Waals surface area (Å²) >= 11 is 0. The maximum Gasteiger partial charge on any atom is 0.414 e. The zero-order valence-corrected chi connectivity index (χ0v) is 16.5. The highest BCUT2D eigenvalue weighted by molar-refractivity contribution is 5.89. The lowest BCUT2D eigenvalue weighted by Gasteiger charge is -2.39. The molecule has 30 heavy (non-hydrogen) atoms. The van der Waals surface area contributed by atoms with Gasteiger partial charge in [0, 0.05) is 25.3 Å². The third kappa shape index (κ3) is 3.53. The molecule has 5 rings (SSSR count). The number of hydrogen-bond donors (Lipinski definition) is 2. The van der Waals surface area contributed by atoms with Crippen LogP contribution in [0.25, 0.3) is 0 Å². The normalized spacial score (nSPS) is 22.9. The molecule has 0 saturated carbocycles. The van der Waals surface area contributed by atoms with Crippen molar-refractivity contribution in [2.24, 2.45) is 0 Å². The van der Waals surface area contributed by atoms with E-state index in [0.29, 0.717) is 56.2 Å². The Bertz CT molecular complexity index is 939. The summed E-state index contributed by atoms with van der Waals surface area (Å²) < 4.78 is 16.3. The lowest BCUT2D eigenvalue weighted by atomic mass is 9.84. The number of rotatable bonds is 4. The maximum atomic E-state index is 12.3. The summed E-state index contributed by atoms with van der Waals surface area (Å²) in [6.07, 6.45) is 0.576. The molecule has 1 atom stereocenters. The Morgan fingerprint density at radius 1 is 1.03 bits per heavy atom. The van der Waals surface area contributed by atoms with Gasteiger partial charge in [0.2, 0.25) is 6.79 Å². The van der Waals surface area contributed by atoms with E-state index in [9.17, 15) is 15.0 Å². The Balaban J connectivity index is 1.18. The number of carbonyl (C=O) groups is 1. The number of phenolic OH excluding ortho intramolecular Hbond substituents is 1. The molecule has 2 fully saturated rings. The molecule has 2 N–H and O–H groups in total. The zero-order chi connectivity index (χ0) is 20.7. The van der Waals surface area contributed by atoms with Crippen molar-refractivity contribution in [3.8, 4) is 17.2 Å². The molecule has 3 aliphatic heterocycles. The van der Waals surface area contributed by atoms with Crippen LogP contribution in [0, 0.1) is 0 Å². The van der Waals surface area contributed by atoms with Gasteiger partial charge in [0.15, 0.2) is 11.5 Å². The monoisotopic (exact) mass is 412 g/mol. The minimum absolute atomic E-state index is 0.158. The van der Waals surface area contributed by atoms with Gasteiger partial charge in [-0.2, -0.15) is 0 Å². The highest BCUT2D eigenvalue weighted by Gasteiger charge is 2.38. The molecule has 1 unspecified atom stereocenters. The molecule has 158 valence electrons. The van der Waals surface area contributed by atoms with Crippen LogP contribution in [0.4, 0.5) is 10.5 Å². The molecule has 2 aromatic carbocycles. The van der Waals surface area contributed by atoms with Crippen molar-refractivity contribution >= 4 is 11.8 Å². The second-order valence-corrected chi connectivity index (χ2v) is 8.03. The minimum atomic E-state index is -0.901. The van der Waals surface area contributed by atoms with Crippen LogP contribution < -0.4 is 14.4 Å². The van der Waals surface area contributed by atoms with Crippen LogP contribution in [-0.2, 0) is 10.3 Å². The van der Waals surface area contributed by atoms with Gasteiger partial charge in [-0.15, -0.1) is 0 Å². The summed E-state index contributed by atoms with van der Waals surface area (Å²) in [7, 11) is 0. The fourth-order valence-corrected chi connectivity index (χ4v) is 4.33. The van der Waals surface area contributed by atoms with Gasteiger partial charge in [0.1, 0.15) is 11.9 Å². The number of anilines is 1. The first-order valence-electron chi connectivity index (χ1n) is 10.1. The molecule has 0 bridgehead atoms. The number of carbonyl (C=O) groups excluding carboxylic acids is 1. The predicted molar refractivity (Wildman–Crippen MR) is 108 cm³/mol. The topological polar surface area (TPSA) is 91.7 Å². The smallest absolute Gasteiger partial charge is 0.414 e. The van der Waals surface area contributed by atoms with Gasteiger partial charge in [-0.3, -0.25) is 9.80 Å². The fraction of sp³-hybridized carbons (Fsp3) is 0.409. The number of benzene rings is 2. The Hall–Kier alpha value is -2.97. The number of ether oxygens (including phenoxy) is 3. The standard InChI is InChI=1S/C22H24N2O6/c25-17-4-2-16(3-5-17)24-13-18(30-21(24)26)12-23-9-7-22(27,8-10-23)15-1-6-19-20(11-15)29-14-28-19/h1-6,11,18,25,27H,7-10,12-14H2. The van der Waals surface area contributed by atoms with Gasteiger partial charge in [-0.25, -0.2) is 4.79 Å². The van der Waals surface area contributed by atoms with Gasteiger partial charge in [-0.05, 0) is 54.8 Å². The number of amides is 1. The van der Waals surface area contributed by atoms with E-state index in [0.717, 1.165) is 5.56 Å². The number of piperidine rings is 1. The van der Waals surface area contributed by atoms with Crippen molar-refractivity contribution in [2.75, 3.05) is 37.9 Å². The van der Waals surface area contributed by atoms with Crippen LogP contribution in [0.3, 0.4) is 0 Å². The molecule has 2 aromatic rings. The quantitative estimate of drug-likeness (QED) is 0.797. The van der Waals surface area contributed by atoms with Crippen molar-refractivity contribution < 1.29 is 29.2 Å². The van der Waals surface area contributed by atoms with Gasteiger partial charge in [0.25, 0.3) is 0 Å². The summed E-state index contributed by atoms with van der Waals surface area (Å²) in [5.74, 6) is 1.54. The van der Waals surface area contributed by atoms with E-state index < -0.39 is 5.60 Å². The van der Waals surface area contributed by atoms with E-state index in [1.54, 1.807) is 29.2 Å². The molecule has 1 amide bonds. The number of phenols is 1. The van der Waals surface area contributed by atoms with E-state index in [2.05, 4.69) is 4.90 Å². The van der Waals surface area contributed by atoms with Gasteiger partial charge < -0.3 is 24.4 Å². The Kier molecular flexibility index (Phi) is 4.67. The molecular formula is C22H24N2O6. The van der Waals surface area contributed by atoms with E-state index in [1.165, 1.54) is 0 Å². The highest BCUT2D eigenvalue weighted by Crippen LogP contribution is 2.39. The molecular weight excluding hydrogens is 388 g/mol. The largest absolute Gasteiger partial charge is 0.508 e. The van der Waals surface area contributed by atoms with E-state index >= 15 is 0 Å². The van der Waals surface area contributed by atoms with E-state index in [4.69, 9.17) is 14.2 Å². The van der Waals surface area contributed by atoms with Gasteiger partial charge >= 0.3 is 6.09 Å². The lowest BCUT2D eigenvalue weighted by molar-refractivity contribution is -0.0325. The molecule has 0 aliphatic carbocycles. The first-order valence-corrected chi connectivity index (χ1v) is 10.1. The average molecular weight is 412 g/mol. The van der Waals surface area contributed by atoms with E-state index in [-0.39, 0.29) is 24.7 Å². The summed E-state index contributed by atoms with van der Waals surface area (Å²) in [5.41, 5.74) is 0.648. The van der Waals surface area contributed by atoms with Crippen molar-refractivity contribution in [3.05, 3.63) is 48.0 Å². The number of likely N-dealkylation sites (tertiary alicyclic amines) is 1. The van der Waals surface area contributed by atoms with Crippen molar-refractivity contribution in [3.63, 3.8) is 0 Å². The maximum absolute atomic E-state index is 12.3. The first kappa shape index (κ1) is 19.0. The molecule has 8 nitrogen and oxygen atoms in total. The van der Waals surface area contributed by atoms with E-state index in [1.807, 2.05) is 18.2 Å². The van der Waals surface area contributed by atoms with Crippen molar-refractivity contribution in [1.82, 2.24) is 4.90 Å². The number of aromatic hydroxyl groups is 1. The SMILES string of the molecule is O=C1OC(CN2CCC(O)(c3ccc4c(c3)OCO4)CC2)CN1c1ccc(O)cc1. The second-order valence-electron chi connectivity index (χ2n) is 8.03. The van der Waals surface area contributed by atoms with Crippen molar-refractivity contribution in [1.29, 1.82) is 0 Å². The van der Waals surface area contributed by atoms with Gasteiger partial charge in [0.05, 0.1) is 12.1 Å². The molecule has 2 saturated heterocycles. The minimum Gasteiger partial charge on any atom is -0.508 e.